The Labute approximate surface area is 241 Å². The Kier molecular flexibility index (Phi) is 6.06. The molecule has 0 amide bonds. The molecule has 4 aromatic carbocycles. The van der Waals surface area contributed by atoms with Gasteiger partial charge in [0.2, 0.25) is 0 Å². The van der Waals surface area contributed by atoms with E-state index >= 15 is 0 Å². The minimum absolute atomic E-state index is 0.416. The first-order valence-corrected chi connectivity index (χ1v) is 13.9. The summed E-state index contributed by atoms with van der Waals surface area (Å²) in [5.74, 6) is 0. The van der Waals surface area contributed by atoms with Crippen LogP contribution in [0.25, 0.3) is 64.7 Å². The van der Waals surface area contributed by atoms with Gasteiger partial charge in [-0.05, 0) is 93.0 Å². The van der Waals surface area contributed by atoms with Crippen molar-refractivity contribution < 1.29 is 0 Å². The molecule has 7 rings (SSSR count). The quantitative estimate of drug-likeness (QED) is 0.223. The number of nitriles is 2. The Morgan fingerprint density at radius 1 is 0.415 bits per heavy atom. The third kappa shape index (κ3) is 4.61. The maximum Gasteiger partial charge on any atom is 0.141 e. The fraction of sp³-hybridized carbons (Fsp3) is 0. The molecule has 190 valence electrons. The summed E-state index contributed by atoms with van der Waals surface area (Å²) < 4.78 is 2.53. The van der Waals surface area contributed by atoms with Gasteiger partial charge in [0.25, 0.3) is 0 Å². The average Bonchev–Trinajstić information content (AvgIpc) is 3.42. The second-order valence-electron chi connectivity index (χ2n) is 9.76. The maximum absolute atomic E-state index is 9.18. The number of hydrogen-bond acceptors (Lipinski definition) is 5. The van der Waals surface area contributed by atoms with Crippen LogP contribution in [0.2, 0.25) is 0 Å². The van der Waals surface area contributed by atoms with E-state index in [9.17, 15) is 10.5 Å². The van der Waals surface area contributed by atoms with Crippen LogP contribution in [0.4, 0.5) is 0 Å². The molecule has 41 heavy (non-hydrogen) atoms. The number of rotatable bonds is 4. The standard InChI is InChI=1S/C36H20N4S/c37-21-31-17-29(13-15-39-31)25-5-1-23(2-6-25)27-9-11-35-33(19-27)34-20-28(10-12-36(34)41-35)24-3-7-26(8-4-24)30-14-16-40-32(18-30)22-38/h1-20H. The van der Waals surface area contributed by atoms with Crippen LogP contribution in [-0.2, 0) is 0 Å². The second-order valence-corrected chi connectivity index (χ2v) is 10.8. The van der Waals surface area contributed by atoms with E-state index in [2.05, 4.69) is 107 Å². The Bertz CT molecular complexity index is 2010. The number of pyridine rings is 2. The van der Waals surface area contributed by atoms with Gasteiger partial charge in [0.15, 0.2) is 0 Å². The van der Waals surface area contributed by atoms with Gasteiger partial charge in [0.05, 0.1) is 0 Å². The lowest BCUT2D eigenvalue weighted by Gasteiger charge is -2.07. The van der Waals surface area contributed by atoms with Gasteiger partial charge < -0.3 is 0 Å². The van der Waals surface area contributed by atoms with Crippen molar-refractivity contribution >= 4 is 31.5 Å². The van der Waals surface area contributed by atoms with E-state index in [0.29, 0.717) is 11.4 Å². The maximum atomic E-state index is 9.18. The molecular weight excluding hydrogens is 520 g/mol. The van der Waals surface area contributed by atoms with E-state index in [1.807, 2.05) is 35.6 Å². The molecule has 0 atom stereocenters. The fourth-order valence-electron chi connectivity index (χ4n) is 5.19. The summed E-state index contributed by atoms with van der Waals surface area (Å²) in [4.78, 5) is 8.15. The molecule has 0 radical (unpaired) electrons. The molecule has 0 saturated carbocycles. The van der Waals surface area contributed by atoms with Crippen molar-refractivity contribution in [1.82, 2.24) is 9.97 Å². The molecule has 0 aliphatic carbocycles. The Morgan fingerprint density at radius 3 is 1.12 bits per heavy atom. The van der Waals surface area contributed by atoms with Gasteiger partial charge in [-0.2, -0.15) is 10.5 Å². The molecule has 7 aromatic rings. The number of fused-ring (bicyclic) bond motifs is 3. The molecule has 0 aliphatic heterocycles. The van der Waals surface area contributed by atoms with E-state index in [4.69, 9.17) is 0 Å². The summed E-state index contributed by atoms with van der Waals surface area (Å²) in [5, 5.41) is 20.8. The summed E-state index contributed by atoms with van der Waals surface area (Å²) in [6.45, 7) is 0. The summed E-state index contributed by atoms with van der Waals surface area (Å²) in [6, 6.07) is 42.0. The first kappa shape index (κ1) is 24.4. The van der Waals surface area contributed by atoms with Gasteiger partial charge in [-0.25, -0.2) is 9.97 Å². The Balaban J connectivity index is 1.22. The van der Waals surface area contributed by atoms with Crippen molar-refractivity contribution in [1.29, 1.82) is 10.5 Å². The molecule has 3 aromatic heterocycles. The Hall–Kier alpha value is -5.62. The zero-order valence-electron chi connectivity index (χ0n) is 21.7. The second kappa shape index (κ2) is 10.2. The van der Waals surface area contributed by atoms with Crippen molar-refractivity contribution in [2.75, 3.05) is 0 Å². The lowest BCUT2D eigenvalue weighted by Crippen LogP contribution is -1.85. The van der Waals surface area contributed by atoms with Crippen LogP contribution < -0.4 is 0 Å². The number of nitrogens with zero attached hydrogens (tertiary/aromatic N) is 4. The van der Waals surface area contributed by atoms with Crippen LogP contribution in [0.3, 0.4) is 0 Å². The lowest BCUT2D eigenvalue weighted by atomic mass is 9.97. The van der Waals surface area contributed by atoms with Crippen molar-refractivity contribution in [3.8, 4) is 56.6 Å². The molecule has 0 unspecified atom stereocenters. The highest BCUT2D eigenvalue weighted by Crippen LogP contribution is 2.39. The number of aromatic nitrogens is 2. The summed E-state index contributed by atoms with van der Waals surface area (Å²) in [5.41, 5.74) is 9.53. The smallest absolute Gasteiger partial charge is 0.141 e. The van der Waals surface area contributed by atoms with E-state index in [1.54, 1.807) is 12.4 Å². The predicted octanol–water partition coefficient (Wildman–Crippen LogP) is 9.26. The molecule has 0 bridgehead atoms. The molecule has 0 spiro atoms. The molecule has 4 nitrogen and oxygen atoms in total. The zero-order chi connectivity index (χ0) is 27.8. The van der Waals surface area contributed by atoms with E-state index in [-0.39, 0.29) is 0 Å². The van der Waals surface area contributed by atoms with E-state index < -0.39 is 0 Å². The van der Waals surface area contributed by atoms with Crippen LogP contribution in [0, 0.1) is 22.7 Å². The highest BCUT2D eigenvalue weighted by molar-refractivity contribution is 7.25. The highest BCUT2D eigenvalue weighted by atomic mass is 32.1. The Morgan fingerprint density at radius 2 is 0.756 bits per heavy atom. The highest BCUT2D eigenvalue weighted by Gasteiger charge is 2.10. The van der Waals surface area contributed by atoms with Gasteiger partial charge in [0, 0.05) is 32.6 Å². The lowest BCUT2D eigenvalue weighted by molar-refractivity contribution is 1.26. The molecule has 0 saturated heterocycles. The van der Waals surface area contributed by atoms with Crippen LogP contribution in [0.1, 0.15) is 11.4 Å². The van der Waals surface area contributed by atoms with Gasteiger partial charge in [-0.15, -0.1) is 11.3 Å². The van der Waals surface area contributed by atoms with Gasteiger partial charge in [0.1, 0.15) is 23.5 Å². The predicted molar refractivity (Wildman–Crippen MR) is 166 cm³/mol. The van der Waals surface area contributed by atoms with Crippen molar-refractivity contribution in [2.45, 2.75) is 0 Å². The number of thiophene rings is 1. The molecule has 3 heterocycles. The molecule has 5 heteroatoms. The first-order valence-electron chi connectivity index (χ1n) is 13.1. The van der Waals surface area contributed by atoms with Crippen molar-refractivity contribution in [3.05, 3.63) is 133 Å². The number of benzene rings is 4. The monoisotopic (exact) mass is 540 g/mol. The topological polar surface area (TPSA) is 73.4 Å². The minimum atomic E-state index is 0.416. The molecular formula is C36H20N4S. The molecule has 0 aliphatic rings. The van der Waals surface area contributed by atoms with Crippen LogP contribution >= 0.6 is 11.3 Å². The van der Waals surface area contributed by atoms with Gasteiger partial charge in [-0.1, -0.05) is 60.7 Å². The molecule has 0 fully saturated rings. The zero-order valence-corrected chi connectivity index (χ0v) is 22.6. The van der Waals surface area contributed by atoms with Crippen LogP contribution in [-0.4, -0.2) is 9.97 Å². The minimum Gasteiger partial charge on any atom is -0.246 e. The molecule has 0 N–H and O–H groups in total. The summed E-state index contributed by atoms with van der Waals surface area (Å²) in [6.07, 6.45) is 3.35. The fourth-order valence-corrected chi connectivity index (χ4v) is 6.26. The average molecular weight is 541 g/mol. The summed E-state index contributed by atoms with van der Waals surface area (Å²) >= 11 is 1.81. The van der Waals surface area contributed by atoms with Crippen molar-refractivity contribution in [2.24, 2.45) is 0 Å². The third-order valence-electron chi connectivity index (χ3n) is 7.32. The summed E-state index contributed by atoms with van der Waals surface area (Å²) in [7, 11) is 0. The third-order valence-corrected chi connectivity index (χ3v) is 8.47. The largest absolute Gasteiger partial charge is 0.246 e. The SMILES string of the molecule is N#Cc1cc(-c2ccc(-c3ccc4sc5ccc(-c6ccc(-c7ccnc(C#N)c7)cc6)cc5c4c3)cc2)ccn1. The van der Waals surface area contributed by atoms with E-state index in [1.165, 1.54) is 31.3 Å². The number of hydrogen-bond donors (Lipinski definition) is 0. The normalized spacial score (nSPS) is 10.9. The van der Waals surface area contributed by atoms with E-state index in [0.717, 1.165) is 33.4 Å². The van der Waals surface area contributed by atoms with Crippen LogP contribution in [0.5, 0.6) is 0 Å². The van der Waals surface area contributed by atoms with Crippen LogP contribution in [0.15, 0.2) is 122 Å². The van der Waals surface area contributed by atoms with Crippen molar-refractivity contribution in [3.63, 3.8) is 0 Å². The van der Waals surface area contributed by atoms with Gasteiger partial charge in [-0.3, -0.25) is 0 Å². The van der Waals surface area contributed by atoms with Gasteiger partial charge >= 0.3 is 0 Å². The first-order chi connectivity index (χ1) is 20.2.